The molecule has 0 aliphatic carbocycles. The van der Waals surface area contributed by atoms with Gasteiger partial charge in [0.05, 0.1) is 0 Å². The quantitative estimate of drug-likeness (QED) is 0.720. The normalized spacial score (nSPS) is 14.8. The maximum absolute atomic E-state index is 10.2. The molecule has 0 unspecified atom stereocenters. The fourth-order valence-corrected chi connectivity index (χ4v) is 3.05. The largest absolute Gasteiger partial charge is 0.507 e. The SMILES string of the molecule is CC1(C)C=Cc2cc(CNCCCCc3ccccc3)c(O)cc2O1. The molecule has 0 spiro atoms. The number of phenolic OH excluding ortho intramolecular Hbond substituents is 1. The van der Waals surface area contributed by atoms with Crippen LogP contribution in [0.3, 0.4) is 0 Å². The van der Waals surface area contributed by atoms with E-state index >= 15 is 0 Å². The topological polar surface area (TPSA) is 41.5 Å². The molecule has 2 N–H and O–H groups in total. The highest BCUT2D eigenvalue weighted by Crippen LogP contribution is 2.35. The highest BCUT2D eigenvalue weighted by atomic mass is 16.5. The Bertz CT molecular complexity index is 735. The zero-order valence-electron chi connectivity index (χ0n) is 15.1. The van der Waals surface area contributed by atoms with Crippen molar-refractivity contribution in [2.24, 2.45) is 0 Å². The monoisotopic (exact) mass is 337 g/mol. The second-order valence-electron chi connectivity index (χ2n) is 7.18. The number of hydrogen-bond acceptors (Lipinski definition) is 3. The molecule has 0 saturated carbocycles. The zero-order chi connectivity index (χ0) is 17.7. The average molecular weight is 337 g/mol. The molecule has 1 aliphatic heterocycles. The maximum atomic E-state index is 10.2. The van der Waals surface area contributed by atoms with Crippen molar-refractivity contribution >= 4 is 6.08 Å². The molecule has 3 rings (SSSR count). The maximum Gasteiger partial charge on any atom is 0.131 e. The van der Waals surface area contributed by atoms with Gasteiger partial charge in [0, 0.05) is 23.7 Å². The molecule has 132 valence electrons. The third-order valence-corrected chi connectivity index (χ3v) is 4.48. The van der Waals surface area contributed by atoms with Crippen molar-refractivity contribution in [3.63, 3.8) is 0 Å². The number of fused-ring (bicyclic) bond motifs is 1. The number of ether oxygens (including phenoxy) is 1. The smallest absolute Gasteiger partial charge is 0.131 e. The van der Waals surface area contributed by atoms with Crippen LogP contribution < -0.4 is 10.1 Å². The van der Waals surface area contributed by atoms with Crippen LogP contribution in [0.15, 0.2) is 48.5 Å². The van der Waals surface area contributed by atoms with E-state index in [0.29, 0.717) is 12.3 Å². The lowest BCUT2D eigenvalue weighted by Crippen LogP contribution is -2.27. The first-order valence-corrected chi connectivity index (χ1v) is 9.02. The predicted molar refractivity (Wildman–Crippen MR) is 103 cm³/mol. The van der Waals surface area contributed by atoms with E-state index in [2.05, 4.69) is 41.7 Å². The second-order valence-corrected chi connectivity index (χ2v) is 7.18. The Kier molecular flexibility index (Phi) is 5.44. The fraction of sp³-hybridized carbons (Fsp3) is 0.364. The van der Waals surface area contributed by atoms with Gasteiger partial charge in [0.15, 0.2) is 0 Å². The van der Waals surface area contributed by atoms with Crippen molar-refractivity contribution in [1.82, 2.24) is 5.32 Å². The number of benzene rings is 2. The van der Waals surface area contributed by atoms with Crippen LogP contribution in [-0.4, -0.2) is 17.3 Å². The molecule has 0 aromatic heterocycles. The number of nitrogens with one attached hydrogen (secondary N) is 1. The Hall–Kier alpha value is -2.26. The number of aryl methyl sites for hydroxylation is 1. The molecule has 2 aromatic rings. The molecule has 2 aromatic carbocycles. The lowest BCUT2D eigenvalue weighted by Gasteiger charge is -2.28. The molecule has 3 heteroatoms. The Balaban J connectivity index is 1.46. The lowest BCUT2D eigenvalue weighted by atomic mass is 10.00. The Morgan fingerprint density at radius 1 is 1.08 bits per heavy atom. The fourth-order valence-electron chi connectivity index (χ4n) is 3.05. The van der Waals surface area contributed by atoms with Crippen LogP contribution >= 0.6 is 0 Å². The molecule has 0 atom stereocenters. The average Bonchev–Trinajstić information content (AvgIpc) is 2.58. The van der Waals surface area contributed by atoms with Gasteiger partial charge in [0.2, 0.25) is 0 Å². The van der Waals surface area contributed by atoms with Gasteiger partial charge < -0.3 is 15.2 Å². The number of phenols is 1. The molecule has 25 heavy (non-hydrogen) atoms. The molecule has 0 fully saturated rings. The number of hydrogen-bond donors (Lipinski definition) is 2. The van der Waals surface area contributed by atoms with Gasteiger partial charge >= 0.3 is 0 Å². The first-order valence-electron chi connectivity index (χ1n) is 9.02. The van der Waals surface area contributed by atoms with Gasteiger partial charge in [-0.2, -0.15) is 0 Å². The van der Waals surface area contributed by atoms with Crippen LogP contribution in [0.25, 0.3) is 6.08 Å². The van der Waals surface area contributed by atoms with Crippen LogP contribution in [0.2, 0.25) is 0 Å². The molecule has 0 amide bonds. The third-order valence-electron chi connectivity index (χ3n) is 4.48. The molecular weight excluding hydrogens is 310 g/mol. The Labute approximate surface area is 150 Å². The van der Waals surface area contributed by atoms with Gasteiger partial charge in [-0.3, -0.25) is 0 Å². The molecule has 0 saturated heterocycles. The van der Waals surface area contributed by atoms with Gasteiger partial charge in [-0.1, -0.05) is 36.4 Å². The summed E-state index contributed by atoms with van der Waals surface area (Å²) in [6.45, 7) is 5.63. The van der Waals surface area contributed by atoms with Crippen molar-refractivity contribution in [3.8, 4) is 11.5 Å². The van der Waals surface area contributed by atoms with E-state index in [0.717, 1.165) is 36.3 Å². The summed E-state index contributed by atoms with van der Waals surface area (Å²) in [5.41, 5.74) is 3.01. The van der Waals surface area contributed by atoms with Gasteiger partial charge in [-0.05, 0) is 57.4 Å². The van der Waals surface area contributed by atoms with Crippen molar-refractivity contribution in [3.05, 3.63) is 65.2 Å². The molecule has 1 heterocycles. The first kappa shape index (κ1) is 17.6. The molecule has 0 bridgehead atoms. The number of unbranched alkanes of at least 4 members (excludes halogenated alkanes) is 1. The number of rotatable bonds is 7. The molecule has 1 aliphatic rings. The summed E-state index contributed by atoms with van der Waals surface area (Å²) >= 11 is 0. The van der Waals surface area contributed by atoms with E-state index in [1.54, 1.807) is 6.07 Å². The Morgan fingerprint density at radius 2 is 1.88 bits per heavy atom. The van der Waals surface area contributed by atoms with Crippen LogP contribution in [0.1, 0.15) is 43.4 Å². The molecule has 3 nitrogen and oxygen atoms in total. The summed E-state index contributed by atoms with van der Waals surface area (Å²) in [5.74, 6) is 1.04. The van der Waals surface area contributed by atoms with Crippen LogP contribution in [-0.2, 0) is 13.0 Å². The minimum Gasteiger partial charge on any atom is -0.507 e. The van der Waals surface area contributed by atoms with E-state index in [1.165, 1.54) is 12.0 Å². The highest BCUT2D eigenvalue weighted by molar-refractivity contribution is 5.64. The summed E-state index contributed by atoms with van der Waals surface area (Å²) in [6.07, 6.45) is 7.52. The van der Waals surface area contributed by atoms with E-state index in [9.17, 15) is 5.11 Å². The van der Waals surface area contributed by atoms with Crippen molar-refractivity contribution in [2.75, 3.05) is 6.54 Å². The van der Waals surface area contributed by atoms with Crippen molar-refractivity contribution in [2.45, 2.75) is 45.3 Å². The summed E-state index contributed by atoms with van der Waals surface area (Å²) in [7, 11) is 0. The predicted octanol–water partition coefficient (Wildman–Crippen LogP) is 4.69. The van der Waals surface area contributed by atoms with E-state index < -0.39 is 0 Å². The van der Waals surface area contributed by atoms with Crippen LogP contribution in [0.5, 0.6) is 11.5 Å². The minimum absolute atomic E-state index is 0.293. The van der Waals surface area contributed by atoms with E-state index in [4.69, 9.17) is 4.74 Å². The molecular formula is C22H27NO2. The van der Waals surface area contributed by atoms with Gasteiger partial charge in [0.1, 0.15) is 17.1 Å². The van der Waals surface area contributed by atoms with Crippen molar-refractivity contribution < 1.29 is 9.84 Å². The highest BCUT2D eigenvalue weighted by Gasteiger charge is 2.22. The first-order chi connectivity index (χ1) is 12.0. The second kappa shape index (κ2) is 7.75. The van der Waals surface area contributed by atoms with E-state index in [1.807, 2.05) is 26.0 Å². The lowest BCUT2D eigenvalue weighted by molar-refractivity contribution is 0.158. The zero-order valence-corrected chi connectivity index (χ0v) is 15.1. The third kappa shape index (κ3) is 4.86. The summed E-state index contributed by atoms with van der Waals surface area (Å²) in [6, 6.07) is 14.3. The van der Waals surface area contributed by atoms with Gasteiger partial charge in [0.25, 0.3) is 0 Å². The summed E-state index contributed by atoms with van der Waals surface area (Å²) < 4.78 is 5.89. The van der Waals surface area contributed by atoms with Crippen LogP contribution in [0, 0.1) is 0 Å². The molecule has 0 radical (unpaired) electrons. The van der Waals surface area contributed by atoms with Gasteiger partial charge in [-0.15, -0.1) is 0 Å². The summed E-state index contributed by atoms with van der Waals surface area (Å²) in [5, 5.41) is 13.7. The van der Waals surface area contributed by atoms with Crippen molar-refractivity contribution in [1.29, 1.82) is 0 Å². The standard InChI is InChI=1S/C22H27NO2/c1-22(2)12-11-18-14-19(20(24)15-21(18)25-22)16-23-13-7-6-10-17-8-4-3-5-9-17/h3-5,8-9,11-12,14-15,23-24H,6-7,10,13,16H2,1-2H3. The summed E-state index contributed by atoms with van der Waals surface area (Å²) in [4.78, 5) is 0. The van der Waals surface area contributed by atoms with Crippen LogP contribution in [0.4, 0.5) is 0 Å². The Morgan fingerprint density at radius 3 is 2.68 bits per heavy atom. The minimum atomic E-state index is -0.321. The van der Waals surface area contributed by atoms with Gasteiger partial charge in [-0.25, -0.2) is 0 Å². The number of aromatic hydroxyl groups is 1. The van der Waals surface area contributed by atoms with E-state index in [-0.39, 0.29) is 5.60 Å².